The summed E-state index contributed by atoms with van der Waals surface area (Å²) in [6.07, 6.45) is -0.0699. The Bertz CT molecular complexity index is 1030. The van der Waals surface area contributed by atoms with Crippen LogP contribution >= 0.6 is 0 Å². The van der Waals surface area contributed by atoms with Gasteiger partial charge >= 0.3 is 5.97 Å². The van der Waals surface area contributed by atoms with Gasteiger partial charge in [0.2, 0.25) is 0 Å². The maximum Gasteiger partial charge on any atom is 0.307 e. The molecule has 0 saturated carbocycles. The third-order valence-electron chi connectivity index (χ3n) is 4.51. The number of aryl methyl sites for hydroxylation is 2. The topological polar surface area (TPSA) is 81.2 Å². The Labute approximate surface area is 161 Å². The van der Waals surface area contributed by atoms with Crippen molar-refractivity contribution in [2.24, 2.45) is 0 Å². The zero-order valence-electron chi connectivity index (χ0n) is 15.8. The van der Waals surface area contributed by atoms with E-state index in [9.17, 15) is 14.0 Å². The summed E-state index contributed by atoms with van der Waals surface area (Å²) in [7, 11) is 1.28. The van der Waals surface area contributed by atoms with Crippen molar-refractivity contribution in [3.05, 3.63) is 70.8 Å². The van der Waals surface area contributed by atoms with Crippen LogP contribution in [0.5, 0.6) is 0 Å². The highest BCUT2D eigenvalue weighted by Gasteiger charge is 2.20. The van der Waals surface area contributed by atoms with Crippen molar-refractivity contribution in [1.29, 1.82) is 0 Å². The number of nitrogens with zero attached hydrogens (tertiary/aromatic N) is 2. The predicted molar refractivity (Wildman–Crippen MR) is 102 cm³/mol. The molecule has 0 saturated heterocycles. The number of halogens is 1. The number of rotatable bonds is 5. The Balaban J connectivity index is 1.88. The lowest BCUT2D eigenvalue weighted by molar-refractivity contribution is -0.141. The lowest BCUT2D eigenvalue weighted by Crippen LogP contribution is -2.30. The van der Waals surface area contributed by atoms with Gasteiger partial charge in [0.05, 0.1) is 42.0 Å². The summed E-state index contributed by atoms with van der Waals surface area (Å²) in [5, 5.41) is 2.81. The SMILES string of the molecule is COC(=O)CC(NC(=O)c1ccc2nc(C)c(C)nc2c1)c1ccc(F)cc1. The number of amides is 1. The molecule has 0 aliphatic rings. The monoisotopic (exact) mass is 381 g/mol. The van der Waals surface area contributed by atoms with E-state index >= 15 is 0 Å². The van der Waals surface area contributed by atoms with E-state index in [1.54, 1.807) is 18.2 Å². The smallest absolute Gasteiger partial charge is 0.307 e. The van der Waals surface area contributed by atoms with E-state index in [4.69, 9.17) is 4.74 Å². The predicted octanol–water partition coefficient (Wildman–Crippen LogP) is 3.42. The normalized spacial score (nSPS) is 11.9. The maximum absolute atomic E-state index is 13.2. The highest BCUT2D eigenvalue weighted by molar-refractivity contribution is 5.97. The Morgan fingerprint density at radius 3 is 2.32 bits per heavy atom. The van der Waals surface area contributed by atoms with E-state index in [2.05, 4.69) is 15.3 Å². The van der Waals surface area contributed by atoms with Gasteiger partial charge in [0.1, 0.15) is 5.82 Å². The van der Waals surface area contributed by atoms with E-state index in [0.29, 0.717) is 22.2 Å². The fourth-order valence-electron chi connectivity index (χ4n) is 2.81. The molecule has 0 aliphatic heterocycles. The molecule has 1 unspecified atom stereocenters. The van der Waals surface area contributed by atoms with Crippen LogP contribution in [0.3, 0.4) is 0 Å². The number of aromatic nitrogens is 2. The second kappa shape index (κ2) is 8.12. The van der Waals surface area contributed by atoms with Gasteiger partial charge in [-0.1, -0.05) is 12.1 Å². The van der Waals surface area contributed by atoms with Gasteiger partial charge in [0.15, 0.2) is 0 Å². The summed E-state index contributed by atoms with van der Waals surface area (Å²) in [6, 6.07) is 10.0. The minimum Gasteiger partial charge on any atom is -0.469 e. The van der Waals surface area contributed by atoms with Crippen LogP contribution in [0.1, 0.15) is 39.8 Å². The van der Waals surface area contributed by atoms with E-state index in [1.165, 1.54) is 31.4 Å². The van der Waals surface area contributed by atoms with Gasteiger partial charge < -0.3 is 10.1 Å². The van der Waals surface area contributed by atoms with Crippen molar-refractivity contribution in [3.63, 3.8) is 0 Å². The average molecular weight is 381 g/mol. The standard InChI is InChI=1S/C21H20FN3O3/c1-12-13(2)24-19-10-15(6-9-17(19)23-12)21(27)25-18(11-20(26)28-3)14-4-7-16(22)8-5-14/h4-10,18H,11H2,1-3H3,(H,25,27). The summed E-state index contributed by atoms with van der Waals surface area (Å²) in [5.41, 5.74) is 3.93. The van der Waals surface area contributed by atoms with Gasteiger partial charge in [-0.3, -0.25) is 9.59 Å². The molecule has 0 spiro atoms. The largest absolute Gasteiger partial charge is 0.469 e. The fraction of sp³-hybridized carbons (Fsp3) is 0.238. The van der Waals surface area contributed by atoms with Crippen LogP contribution in [0.4, 0.5) is 4.39 Å². The van der Waals surface area contributed by atoms with Crippen LogP contribution < -0.4 is 5.32 Å². The van der Waals surface area contributed by atoms with Crippen molar-refractivity contribution in [2.75, 3.05) is 7.11 Å². The van der Waals surface area contributed by atoms with Crippen molar-refractivity contribution >= 4 is 22.9 Å². The average Bonchev–Trinajstić information content (AvgIpc) is 2.68. The molecule has 0 fully saturated rings. The molecule has 3 aromatic rings. The molecule has 0 aliphatic carbocycles. The minimum absolute atomic E-state index is 0.0699. The van der Waals surface area contributed by atoms with Crippen LogP contribution in [0.15, 0.2) is 42.5 Å². The molecule has 144 valence electrons. The lowest BCUT2D eigenvalue weighted by Gasteiger charge is -2.18. The number of hydrogen-bond acceptors (Lipinski definition) is 5. The fourth-order valence-corrected chi connectivity index (χ4v) is 2.81. The zero-order valence-corrected chi connectivity index (χ0v) is 15.8. The molecule has 28 heavy (non-hydrogen) atoms. The maximum atomic E-state index is 13.2. The number of nitrogens with one attached hydrogen (secondary N) is 1. The van der Waals surface area contributed by atoms with Crippen LogP contribution in [0.25, 0.3) is 11.0 Å². The molecule has 1 amide bonds. The number of hydrogen-bond donors (Lipinski definition) is 1. The number of methoxy groups -OCH3 is 1. The second-order valence-corrected chi connectivity index (χ2v) is 6.46. The van der Waals surface area contributed by atoms with E-state index < -0.39 is 17.8 Å². The van der Waals surface area contributed by atoms with Crippen molar-refractivity contribution in [2.45, 2.75) is 26.3 Å². The molecule has 6 nitrogen and oxygen atoms in total. The molecule has 0 radical (unpaired) electrons. The molecular weight excluding hydrogens is 361 g/mol. The Morgan fingerprint density at radius 2 is 1.68 bits per heavy atom. The summed E-state index contributed by atoms with van der Waals surface area (Å²) >= 11 is 0. The van der Waals surface area contributed by atoms with Crippen molar-refractivity contribution in [3.8, 4) is 0 Å². The number of esters is 1. The number of carbonyl (C=O) groups is 2. The Kier molecular flexibility index (Phi) is 5.63. The zero-order chi connectivity index (χ0) is 20.3. The van der Waals surface area contributed by atoms with Crippen LogP contribution in [-0.2, 0) is 9.53 Å². The Hall–Kier alpha value is -3.35. The van der Waals surface area contributed by atoms with Gasteiger partial charge in [-0.25, -0.2) is 14.4 Å². The summed E-state index contributed by atoms with van der Waals surface area (Å²) in [4.78, 5) is 33.5. The number of benzene rings is 2. The Morgan fingerprint density at radius 1 is 1.04 bits per heavy atom. The lowest BCUT2D eigenvalue weighted by atomic mass is 10.0. The first-order valence-electron chi connectivity index (χ1n) is 8.75. The highest BCUT2D eigenvalue weighted by Crippen LogP contribution is 2.20. The number of carbonyl (C=O) groups excluding carboxylic acids is 2. The third-order valence-corrected chi connectivity index (χ3v) is 4.51. The quantitative estimate of drug-likeness (QED) is 0.685. The van der Waals surface area contributed by atoms with Gasteiger partial charge in [-0.05, 0) is 49.7 Å². The minimum atomic E-state index is -0.651. The summed E-state index contributed by atoms with van der Waals surface area (Å²) in [5.74, 6) is -1.25. The van der Waals surface area contributed by atoms with E-state index in [-0.39, 0.29) is 12.3 Å². The summed E-state index contributed by atoms with van der Waals surface area (Å²) in [6.45, 7) is 3.73. The first-order chi connectivity index (χ1) is 13.4. The molecule has 2 aromatic carbocycles. The first-order valence-corrected chi connectivity index (χ1v) is 8.75. The molecule has 1 aromatic heterocycles. The third kappa shape index (κ3) is 4.31. The number of ether oxygens (including phenoxy) is 1. The molecule has 7 heteroatoms. The molecule has 1 N–H and O–H groups in total. The van der Waals surface area contributed by atoms with Crippen molar-refractivity contribution in [1.82, 2.24) is 15.3 Å². The summed E-state index contributed by atoms with van der Waals surface area (Å²) < 4.78 is 17.9. The highest BCUT2D eigenvalue weighted by atomic mass is 19.1. The second-order valence-electron chi connectivity index (χ2n) is 6.46. The molecule has 3 rings (SSSR count). The molecular formula is C21H20FN3O3. The van der Waals surface area contributed by atoms with Crippen LogP contribution in [-0.4, -0.2) is 29.0 Å². The van der Waals surface area contributed by atoms with E-state index in [0.717, 1.165) is 11.4 Å². The van der Waals surface area contributed by atoms with Gasteiger partial charge in [-0.2, -0.15) is 0 Å². The van der Waals surface area contributed by atoms with Gasteiger partial charge in [0, 0.05) is 5.56 Å². The number of fused-ring (bicyclic) bond motifs is 1. The van der Waals surface area contributed by atoms with Crippen LogP contribution in [0, 0.1) is 19.7 Å². The van der Waals surface area contributed by atoms with Gasteiger partial charge in [0.25, 0.3) is 5.91 Å². The van der Waals surface area contributed by atoms with Gasteiger partial charge in [-0.15, -0.1) is 0 Å². The molecule has 1 atom stereocenters. The van der Waals surface area contributed by atoms with Crippen molar-refractivity contribution < 1.29 is 18.7 Å². The molecule has 1 heterocycles. The first kappa shape index (κ1) is 19.4. The molecule has 0 bridgehead atoms. The van der Waals surface area contributed by atoms with Crippen LogP contribution in [0.2, 0.25) is 0 Å². The van der Waals surface area contributed by atoms with E-state index in [1.807, 2.05) is 13.8 Å².